The van der Waals surface area contributed by atoms with Crippen LogP contribution in [0, 0.1) is 11.9 Å². The molecular formula is C20H25FN2OS. The number of piperidine rings is 1. The van der Waals surface area contributed by atoms with E-state index in [9.17, 15) is 9.18 Å². The molecule has 0 N–H and O–H groups in total. The summed E-state index contributed by atoms with van der Waals surface area (Å²) in [7, 11) is 0. The van der Waals surface area contributed by atoms with E-state index in [2.05, 4.69) is 9.88 Å². The van der Waals surface area contributed by atoms with Crippen molar-refractivity contribution in [1.29, 1.82) is 0 Å². The number of aromatic nitrogens is 1. The van der Waals surface area contributed by atoms with Gasteiger partial charge in [0.2, 0.25) is 5.95 Å². The predicted octanol–water partition coefficient (Wildman–Crippen LogP) is 5.38. The molecule has 1 saturated heterocycles. The van der Waals surface area contributed by atoms with Gasteiger partial charge in [-0.1, -0.05) is 20.3 Å². The Labute approximate surface area is 152 Å². The molecule has 0 spiro atoms. The number of pyridine rings is 1. The van der Waals surface area contributed by atoms with Gasteiger partial charge in [-0.25, -0.2) is 4.98 Å². The largest absolute Gasteiger partial charge is 0.335 e. The highest BCUT2D eigenvalue weighted by Crippen LogP contribution is 2.36. The maximum absolute atomic E-state index is 13.0. The van der Waals surface area contributed by atoms with Gasteiger partial charge in [-0.3, -0.25) is 4.79 Å². The molecule has 1 amide bonds. The molecule has 1 aliphatic heterocycles. The summed E-state index contributed by atoms with van der Waals surface area (Å²) in [6.45, 7) is 0.878. The molecule has 2 aromatic rings. The van der Waals surface area contributed by atoms with Gasteiger partial charge in [0, 0.05) is 34.6 Å². The molecular weight excluding hydrogens is 335 g/mol. The Balaban J connectivity index is 0.00000182. The van der Waals surface area contributed by atoms with E-state index in [0.717, 1.165) is 35.4 Å². The van der Waals surface area contributed by atoms with Gasteiger partial charge in [-0.2, -0.15) is 4.39 Å². The third-order valence-electron chi connectivity index (χ3n) is 5.36. The zero-order valence-electron chi connectivity index (χ0n) is 13.6. The van der Waals surface area contributed by atoms with Crippen molar-refractivity contribution >= 4 is 17.2 Å². The van der Waals surface area contributed by atoms with Crippen molar-refractivity contribution in [2.45, 2.75) is 52.0 Å². The van der Waals surface area contributed by atoms with E-state index in [-0.39, 0.29) is 13.3 Å². The van der Waals surface area contributed by atoms with Crippen LogP contribution in [-0.4, -0.2) is 28.4 Å². The van der Waals surface area contributed by atoms with Crippen LogP contribution in [0.15, 0.2) is 29.8 Å². The van der Waals surface area contributed by atoms with Crippen molar-refractivity contribution in [1.82, 2.24) is 9.88 Å². The molecule has 2 aromatic heterocycles. The minimum Gasteiger partial charge on any atom is -0.335 e. The lowest BCUT2D eigenvalue weighted by Gasteiger charge is -2.44. The second-order valence-electron chi connectivity index (χ2n) is 6.82. The summed E-state index contributed by atoms with van der Waals surface area (Å²) in [6.07, 6.45) is 8.87. The second-order valence-corrected chi connectivity index (χ2v) is 7.73. The lowest BCUT2D eigenvalue weighted by Crippen LogP contribution is -2.49. The van der Waals surface area contributed by atoms with Crippen LogP contribution in [0.25, 0.3) is 10.4 Å². The lowest BCUT2D eigenvalue weighted by atomic mass is 9.78. The van der Waals surface area contributed by atoms with E-state index in [1.165, 1.54) is 49.3 Å². The number of amides is 1. The molecule has 0 bridgehead atoms. The van der Waals surface area contributed by atoms with Gasteiger partial charge in [0.05, 0.1) is 5.56 Å². The number of likely N-dealkylation sites (tertiary alicyclic amines) is 1. The molecule has 0 radical (unpaired) electrons. The van der Waals surface area contributed by atoms with E-state index >= 15 is 0 Å². The molecule has 5 heteroatoms. The van der Waals surface area contributed by atoms with Crippen LogP contribution in [0.1, 0.15) is 56.3 Å². The van der Waals surface area contributed by atoms with Gasteiger partial charge >= 0.3 is 0 Å². The molecule has 0 aromatic carbocycles. The first kappa shape index (κ1) is 18.1. The first-order valence-corrected chi connectivity index (χ1v) is 9.62. The normalized spacial score (nSPS) is 22.8. The van der Waals surface area contributed by atoms with Crippen molar-refractivity contribution in [3.8, 4) is 10.4 Å². The SMILES string of the molecule is C.O=C(c1csc(-c2ccc(F)nc2)c1)N1CCCC2CCCCC21. The average Bonchev–Trinajstić information content (AvgIpc) is 3.11. The number of hydrogen-bond acceptors (Lipinski definition) is 3. The molecule has 2 unspecified atom stereocenters. The van der Waals surface area contributed by atoms with Gasteiger partial charge in [0.1, 0.15) is 0 Å². The van der Waals surface area contributed by atoms with E-state index in [1.54, 1.807) is 6.07 Å². The number of thiophene rings is 1. The third-order valence-corrected chi connectivity index (χ3v) is 6.34. The first-order chi connectivity index (χ1) is 11.7. The van der Waals surface area contributed by atoms with Gasteiger partial charge in [0.15, 0.2) is 0 Å². The fraction of sp³-hybridized carbons (Fsp3) is 0.500. The van der Waals surface area contributed by atoms with Crippen LogP contribution in [-0.2, 0) is 0 Å². The number of nitrogens with zero attached hydrogens (tertiary/aromatic N) is 2. The zero-order valence-corrected chi connectivity index (χ0v) is 14.4. The summed E-state index contributed by atoms with van der Waals surface area (Å²) in [5.41, 5.74) is 1.61. The van der Waals surface area contributed by atoms with Gasteiger partial charge in [0.25, 0.3) is 5.91 Å². The molecule has 3 heterocycles. The number of fused-ring (bicyclic) bond motifs is 1. The first-order valence-electron chi connectivity index (χ1n) is 8.74. The topological polar surface area (TPSA) is 33.2 Å². The van der Waals surface area contributed by atoms with Gasteiger partial charge < -0.3 is 4.90 Å². The van der Waals surface area contributed by atoms with Crippen LogP contribution in [0.5, 0.6) is 0 Å². The Morgan fingerprint density at radius 3 is 2.80 bits per heavy atom. The molecule has 1 aliphatic carbocycles. The Morgan fingerprint density at radius 1 is 1.20 bits per heavy atom. The maximum atomic E-state index is 13.0. The molecule has 2 fully saturated rings. The molecule has 3 nitrogen and oxygen atoms in total. The summed E-state index contributed by atoms with van der Waals surface area (Å²) >= 11 is 1.52. The summed E-state index contributed by atoms with van der Waals surface area (Å²) in [4.78, 5) is 19.8. The van der Waals surface area contributed by atoms with E-state index in [4.69, 9.17) is 0 Å². The molecule has 134 valence electrons. The van der Waals surface area contributed by atoms with Crippen LogP contribution in [0.4, 0.5) is 4.39 Å². The highest BCUT2D eigenvalue weighted by Gasteiger charge is 2.36. The minimum atomic E-state index is -0.483. The zero-order chi connectivity index (χ0) is 16.5. The number of hydrogen-bond donors (Lipinski definition) is 0. The molecule has 2 atom stereocenters. The Kier molecular flexibility index (Phi) is 5.52. The fourth-order valence-corrected chi connectivity index (χ4v) is 5.04. The van der Waals surface area contributed by atoms with Crippen molar-refractivity contribution in [2.75, 3.05) is 6.54 Å². The highest BCUT2D eigenvalue weighted by molar-refractivity contribution is 7.13. The van der Waals surface area contributed by atoms with Gasteiger partial charge in [-0.05, 0) is 49.8 Å². The fourth-order valence-electron chi connectivity index (χ4n) is 4.16. The van der Waals surface area contributed by atoms with Crippen molar-refractivity contribution in [3.05, 3.63) is 41.3 Å². The lowest BCUT2D eigenvalue weighted by molar-refractivity contribution is 0.0391. The van der Waals surface area contributed by atoms with E-state index in [1.807, 2.05) is 11.4 Å². The number of carbonyl (C=O) groups excluding carboxylic acids is 1. The summed E-state index contributed by atoms with van der Waals surface area (Å²) < 4.78 is 13.0. The smallest absolute Gasteiger partial charge is 0.254 e. The maximum Gasteiger partial charge on any atom is 0.254 e. The van der Waals surface area contributed by atoms with Crippen molar-refractivity contribution in [3.63, 3.8) is 0 Å². The highest BCUT2D eigenvalue weighted by atomic mass is 32.1. The number of rotatable bonds is 2. The van der Waals surface area contributed by atoms with Crippen LogP contribution in [0.2, 0.25) is 0 Å². The molecule has 1 saturated carbocycles. The predicted molar refractivity (Wildman–Crippen MR) is 100 cm³/mol. The Bertz CT molecular complexity index is 726. The summed E-state index contributed by atoms with van der Waals surface area (Å²) in [5, 5.41) is 1.92. The average molecular weight is 360 g/mol. The van der Waals surface area contributed by atoms with E-state index in [0.29, 0.717) is 12.0 Å². The number of carbonyl (C=O) groups is 1. The van der Waals surface area contributed by atoms with Gasteiger partial charge in [-0.15, -0.1) is 11.3 Å². The monoisotopic (exact) mass is 360 g/mol. The molecule has 25 heavy (non-hydrogen) atoms. The van der Waals surface area contributed by atoms with Crippen molar-refractivity contribution in [2.24, 2.45) is 5.92 Å². The Morgan fingerprint density at radius 2 is 2.00 bits per heavy atom. The van der Waals surface area contributed by atoms with Crippen LogP contribution >= 0.6 is 11.3 Å². The second kappa shape index (κ2) is 7.65. The molecule has 2 aliphatic rings. The summed E-state index contributed by atoms with van der Waals surface area (Å²) in [6, 6.07) is 5.42. The quantitative estimate of drug-likeness (QED) is 0.674. The minimum absolute atomic E-state index is 0. The van der Waals surface area contributed by atoms with Crippen LogP contribution < -0.4 is 0 Å². The molecule has 4 rings (SSSR count). The summed E-state index contributed by atoms with van der Waals surface area (Å²) in [5.74, 6) is 0.364. The standard InChI is InChI=1S/C19H21FN2OS.CH4/c20-18-8-7-14(11-21-18)17-10-15(12-24-17)19(23)22-9-3-5-13-4-1-2-6-16(13)22;/h7-8,10-13,16H,1-6,9H2;1H4. The Hall–Kier alpha value is -1.75. The number of halogens is 1. The third kappa shape index (κ3) is 3.61. The van der Waals surface area contributed by atoms with E-state index < -0.39 is 5.95 Å². The van der Waals surface area contributed by atoms with Crippen LogP contribution in [0.3, 0.4) is 0 Å². The van der Waals surface area contributed by atoms with Crippen molar-refractivity contribution < 1.29 is 9.18 Å².